The lowest BCUT2D eigenvalue weighted by Gasteiger charge is -2.03. The van der Waals surface area contributed by atoms with Crippen LogP contribution in [0.5, 0.6) is 0 Å². The van der Waals surface area contributed by atoms with Gasteiger partial charge in [-0.3, -0.25) is 0 Å². The Kier molecular flexibility index (Phi) is 7.10. The van der Waals surface area contributed by atoms with E-state index in [2.05, 4.69) is 26.0 Å². The minimum Gasteiger partial charge on any atom is -0.305 e. The first kappa shape index (κ1) is 24.9. The van der Waals surface area contributed by atoms with Gasteiger partial charge in [-0.1, -0.05) is 47.5 Å². The molecule has 0 fully saturated rings. The van der Waals surface area contributed by atoms with Gasteiger partial charge in [-0.15, -0.1) is 22.7 Å². The van der Waals surface area contributed by atoms with Gasteiger partial charge in [0, 0.05) is 41.7 Å². The van der Waals surface area contributed by atoms with E-state index in [9.17, 15) is 4.79 Å². The lowest BCUT2D eigenvalue weighted by Crippen LogP contribution is -2.10. The molecule has 36 heavy (non-hydrogen) atoms. The molecule has 0 saturated carbocycles. The molecule has 0 atom stereocenters. The number of fused-ring (bicyclic) bond motifs is 2. The number of thiophene rings is 2. The number of aryl methyl sites for hydroxylation is 2. The molecule has 4 aromatic heterocycles. The summed E-state index contributed by atoms with van der Waals surface area (Å²) in [4.78, 5) is 30.9. The van der Waals surface area contributed by atoms with Gasteiger partial charge in [0.2, 0.25) is 5.28 Å². The normalized spacial score (nSPS) is 11.0. The van der Waals surface area contributed by atoms with Gasteiger partial charge in [0.25, 0.3) is 0 Å². The minimum atomic E-state index is -0.334. The van der Waals surface area contributed by atoms with Crippen LogP contribution < -0.4 is 5.69 Å². The number of aromatic nitrogens is 4. The van der Waals surface area contributed by atoms with E-state index in [1.165, 1.54) is 16.2 Å². The second-order valence-corrected chi connectivity index (χ2v) is 11.6. The van der Waals surface area contributed by atoms with Crippen molar-refractivity contribution >= 4 is 77.9 Å². The van der Waals surface area contributed by atoms with Crippen LogP contribution in [0.25, 0.3) is 42.9 Å². The monoisotopic (exact) mass is 570 g/mol. The Morgan fingerprint density at radius 1 is 0.722 bits per heavy atom. The van der Waals surface area contributed by atoms with Crippen molar-refractivity contribution in [1.82, 2.24) is 19.9 Å². The van der Waals surface area contributed by atoms with Crippen LogP contribution in [-0.4, -0.2) is 19.9 Å². The van der Waals surface area contributed by atoms with Crippen LogP contribution in [0.2, 0.25) is 15.3 Å². The maximum atomic E-state index is 11.6. The number of H-pyrrole nitrogens is 1. The van der Waals surface area contributed by atoms with E-state index in [-0.39, 0.29) is 11.0 Å². The second kappa shape index (κ2) is 10.3. The van der Waals surface area contributed by atoms with Gasteiger partial charge in [-0.25, -0.2) is 14.8 Å². The smallest absolute Gasteiger partial charge is 0.305 e. The van der Waals surface area contributed by atoms with Gasteiger partial charge in [0.15, 0.2) is 0 Å². The third-order valence-corrected chi connectivity index (χ3v) is 7.77. The summed E-state index contributed by atoms with van der Waals surface area (Å²) in [7, 11) is 0. The fraction of sp³-hybridized carbons (Fsp3) is 0.0769. The van der Waals surface area contributed by atoms with E-state index in [4.69, 9.17) is 34.8 Å². The zero-order valence-corrected chi connectivity index (χ0v) is 22.9. The van der Waals surface area contributed by atoms with Crippen molar-refractivity contribution in [2.75, 3.05) is 0 Å². The van der Waals surface area contributed by atoms with Gasteiger partial charge in [0.1, 0.15) is 9.66 Å². The van der Waals surface area contributed by atoms with Gasteiger partial charge < -0.3 is 4.98 Å². The van der Waals surface area contributed by atoms with Gasteiger partial charge >= 0.3 is 5.69 Å². The summed E-state index contributed by atoms with van der Waals surface area (Å²) >= 11 is 21.1. The largest absolute Gasteiger partial charge is 0.346 e. The number of benzene rings is 2. The predicted molar refractivity (Wildman–Crippen MR) is 153 cm³/mol. The molecule has 6 rings (SSSR count). The van der Waals surface area contributed by atoms with E-state index in [1.54, 1.807) is 17.4 Å². The fourth-order valence-corrected chi connectivity index (χ4v) is 6.16. The van der Waals surface area contributed by atoms with E-state index < -0.39 is 0 Å². The topological polar surface area (TPSA) is 71.5 Å². The van der Waals surface area contributed by atoms with E-state index in [0.29, 0.717) is 10.0 Å². The Morgan fingerprint density at radius 3 is 1.97 bits per heavy atom. The fourth-order valence-electron chi connectivity index (χ4n) is 3.80. The number of hydrogen-bond acceptors (Lipinski definition) is 6. The van der Waals surface area contributed by atoms with Gasteiger partial charge in [-0.2, -0.15) is 4.98 Å². The molecule has 0 amide bonds. The molecule has 5 nitrogen and oxygen atoms in total. The molecule has 0 aliphatic heterocycles. The molecule has 10 heteroatoms. The summed E-state index contributed by atoms with van der Waals surface area (Å²) in [5.74, 6) is 0. The van der Waals surface area contributed by atoms with Crippen molar-refractivity contribution in [3.05, 3.63) is 96.2 Å². The number of nitrogens with zero attached hydrogens (tertiary/aromatic N) is 3. The first-order valence-electron chi connectivity index (χ1n) is 10.7. The van der Waals surface area contributed by atoms with Crippen molar-refractivity contribution in [2.45, 2.75) is 13.8 Å². The van der Waals surface area contributed by atoms with Gasteiger partial charge in [-0.05, 0) is 61.8 Å². The van der Waals surface area contributed by atoms with Gasteiger partial charge in [0.05, 0.1) is 11.4 Å². The molecule has 180 valence electrons. The molecular weight excluding hydrogens is 555 g/mol. The average molecular weight is 572 g/mol. The summed E-state index contributed by atoms with van der Waals surface area (Å²) < 4.78 is 0. The van der Waals surface area contributed by atoms with Crippen molar-refractivity contribution in [3.8, 4) is 22.5 Å². The zero-order valence-electron chi connectivity index (χ0n) is 19.0. The van der Waals surface area contributed by atoms with E-state index in [1.807, 2.05) is 62.4 Å². The highest BCUT2D eigenvalue weighted by Gasteiger charge is 2.12. The molecule has 0 spiro atoms. The van der Waals surface area contributed by atoms with Crippen LogP contribution in [0.15, 0.2) is 65.5 Å². The van der Waals surface area contributed by atoms with Crippen LogP contribution in [0, 0.1) is 13.8 Å². The van der Waals surface area contributed by atoms with E-state index >= 15 is 0 Å². The standard InChI is InChI=1S/C13H8Cl2N2S.C13H9ClN2OS/c1-7-5-10-11(8-3-2-4-9(14)6-8)16-13(15)17-12(10)18-7;1-7-5-10-11(8-3-2-4-9(14)6-8)15-13(17)16-12(10)18-7/h2-6H,1H3;2-6H,1H3,(H,15,16,17). The Morgan fingerprint density at radius 2 is 1.31 bits per heavy atom. The number of halogens is 3. The summed E-state index contributed by atoms with van der Waals surface area (Å²) in [6, 6.07) is 19.1. The van der Waals surface area contributed by atoms with Crippen molar-refractivity contribution in [2.24, 2.45) is 0 Å². The Labute approximate surface area is 229 Å². The molecule has 1 N–H and O–H groups in total. The summed E-state index contributed by atoms with van der Waals surface area (Å²) in [6.45, 7) is 4.04. The lowest BCUT2D eigenvalue weighted by atomic mass is 10.1. The Hall–Kier alpha value is -2.81. The Balaban J connectivity index is 0.000000148. The van der Waals surface area contributed by atoms with E-state index in [0.717, 1.165) is 47.8 Å². The highest BCUT2D eigenvalue weighted by molar-refractivity contribution is 7.19. The van der Waals surface area contributed by atoms with Crippen LogP contribution in [-0.2, 0) is 0 Å². The molecule has 0 saturated heterocycles. The highest BCUT2D eigenvalue weighted by Crippen LogP contribution is 2.33. The maximum Gasteiger partial charge on any atom is 0.346 e. The molecule has 0 aliphatic carbocycles. The number of nitrogens with one attached hydrogen (secondary N) is 1. The van der Waals surface area contributed by atoms with Crippen molar-refractivity contribution in [1.29, 1.82) is 0 Å². The third-order valence-electron chi connectivity index (χ3n) is 5.24. The zero-order chi connectivity index (χ0) is 25.4. The highest BCUT2D eigenvalue weighted by atomic mass is 35.5. The first-order chi connectivity index (χ1) is 17.3. The number of rotatable bonds is 2. The van der Waals surface area contributed by atoms with Crippen LogP contribution in [0.1, 0.15) is 9.75 Å². The lowest BCUT2D eigenvalue weighted by molar-refractivity contribution is 1.13. The van der Waals surface area contributed by atoms with Crippen LogP contribution in [0.4, 0.5) is 0 Å². The third kappa shape index (κ3) is 5.31. The van der Waals surface area contributed by atoms with Crippen molar-refractivity contribution < 1.29 is 0 Å². The molecule has 0 unspecified atom stereocenters. The molecule has 0 aliphatic rings. The SMILES string of the molecule is Cc1cc2c(-c3cccc(Cl)c3)[nH]c(=O)nc2s1.Cc1cc2c(-c3cccc(Cl)c3)nc(Cl)nc2s1. The number of hydrogen-bond donors (Lipinski definition) is 1. The average Bonchev–Trinajstić information content (AvgIpc) is 3.38. The molecule has 4 heterocycles. The molecule has 6 aromatic rings. The van der Waals surface area contributed by atoms with Crippen LogP contribution >= 0.6 is 57.5 Å². The summed E-state index contributed by atoms with van der Waals surface area (Å²) in [5.41, 5.74) is 3.12. The molecule has 0 bridgehead atoms. The second-order valence-electron chi connectivity index (χ2n) is 7.93. The number of aromatic amines is 1. The minimum absolute atomic E-state index is 0.263. The molecule has 0 radical (unpaired) electrons. The van der Waals surface area contributed by atoms with Crippen molar-refractivity contribution in [3.63, 3.8) is 0 Å². The quantitative estimate of drug-likeness (QED) is 0.211. The van der Waals surface area contributed by atoms with Crippen LogP contribution in [0.3, 0.4) is 0 Å². The Bertz CT molecular complexity index is 1790. The predicted octanol–water partition coefficient (Wildman–Crippen LogP) is 8.59. The summed E-state index contributed by atoms with van der Waals surface area (Å²) in [5, 5.41) is 3.57. The maximum absolute atomic E-state index is 11.6. The first-order valence-corrected chi connectivity index (χ1v) is 13.5. The molecule has 2 aromatic carbocycles. The summed E-state index contributed by atoms with van der Waals surface area (Å²) in [6.07, 6.45) is 0. The molecular formula is C26H17Cl3N4OS2.